The van der Waals surface area contributed by atoms with Gasteiger partial charge in [0, 0.05) is 24.6 Å². The number of hydrogen-bond donors (Lipinski definition) is 1. The van der Waals surface area contributed by atoms with Crippen LogP contribution in [0.1, 0.15) is 43.4 Å². The number of urea groups is 1. The SMILES string of the molecule is O=C(NCc1cccc2c1OCCCO2)N(Cc1ccco1)C1CCCC1. The van der Waals surface area contributed by atoms with Crippen LogP contribution in [0.3, 0.4) is 0 Å². The van der Waals surface area contributed by atoms with E-state index in [0.717, 1.165) is 42.1 Å². The Morgan fingerprint density at radius 2 is 1.93 bits per heavy atom. The first-order valence-corrected chi connectivity index (χ1v) is 9.75. The number of para-hydroxylation sites is 1. The van der Waals surface area contributed by atoms with Gasteiger partial charge in [0.05, 0.1) is 26.0 Å². The average Bonchev–Trinajstić information content (AvgIpc) is 3.34. The molecule has 2 amide bonds. The molecule has 1 aliphatic carbocycles. The predicted molar refractivity (Wildman–Crippen MR) is 101 cm³/mol. The second-order valence-corrected chi connectivity index (χ2v) is 7.10. The fraction of sp³-hybridized carbons (Fsp3) is 0.476. The molecule has 1 N–H and O–H groups in total. The Balaban J connectivity index is 1.45. The van der Waals surface area contributed by atoms with Crippen molar-refractivity contribution in [3.63, 3.8) is 0 Å². The number of benzene rings is 1. The van der Waals surface area contributed by atoms with Crippen LogP contribution in [0.5, 0.6) is 11.5 Å². The Bertz CT molecular complexity index is 754. The van der Waals surface area contributed by atoms with E-state index < -0.39 is 0 Å². The second-order valence-electron chi connectivity index (χ2n) is 7.10. The van der Waals surface area contributed by atoms with E-state index in [4.69, 9.17) is 13.9 Å². The van der Waals surface area contributed by atoms with E-state index in [9.17, 15) is 4.79 Å². The summed E-state index contributed by atoms with van der Waals surface area (Å²) in [4.78, 5) is 14.9. The minimum Gasteiger partial charge on any atom is -0.490 e. The molecule has 144 valence electrons. The summed E-state index contributed by atoms with van der Waals surface area (Å²) in [5.74, 6) is 2.30. The first-order valence-electron chi connectivity index (χ1n) is 9.75. The van der Waals surface area contributed by atoms with Gasteiger partial charge in [-0.1, -0.05) is 25.0 Å². The molecule has 6 nitrogen and oxygen atoms in total. The van der Waals surface area contributed by atoms with E-state index in [-0.39, 0.29) is 12.1 Å². The third-order valence-electron chi connectivity index (χ3n) is 5.22. The summed E-state index contributed by atoms with van der Waals surface area (Å²) >= 11 is 0. The van der Waals surface area contributed by atoms with Crippen LogP contribution in [0, 0.1) is 0 Å². The number of furan rings is 1. The Morgan fingerprint density at radius 1 is 1.07 bits per heavy atom. The lowest BCUT2D eigenvalue weighted by Crippen LogP contribution is -2.44. The summed E-state index contributed by atoms with van der Waals surface area (Å²) in [6.45, 7) is 2.19. The highest BCUT2D eigenvalue weighted by molar-refractivity contribution is 5.74. The third kappa shape index (κ3) is 4.21. The first kappa shape index (κ1) is 17.8. The molecule has 0 unspecified atom stereocenters. The zero-order valence-electron chi connectivity index (χ0n) is 15.5. The van der Waals surface area contributed by atoms with E-state index >= 15 is 0 Å². The number of carbonyl (C=O) groups is 1. The van der Waals surface area contributed by atoms with Crippen LogP contribution in [-0.2, 0) is 13.1 Å². The summed E-state index contributed by atoms with van der Waals surface area (Å²) in [5.41, 5.74) is 0.937. The zero-order chi connectivity index (χ0) is 18.5. The number of fused-ring (bicyclic) bond motifs is 1. The Labute approximate surface area is 159 Å². The van der Waals surface area contributed by atoms with Gasteiger partial charge in [0.2, 0.25) is 0 Å². The van der Waals surface area contributed by atoms with Gasteiger partial charge in [0.25, 0.3) is 0 Å². The van der Waals surface area contributed by atoms with E-state index in [1.807, 2.05) is 35.2 Å². The van der Waals surface area contributed by atoms with Crippen LogP contribution >= 0.6 is 0 Å². The molecule has 0 spiro atoms. The van der Waals surface area contributed by atoms with Crippen LogP contribution in [-0.4, -0.2) is 30.2 Å². The van der Waals surface area contributed by atoms with Crippen molar-refractivity contribution < 1.29 is 18.7 Å². The van der Waals surface area contributed by atoms with Gasteiger partial charge in [0.1, 0.15) is 5.76 Å². The maximum atomic E-state index is 13.0. The molecule has 1 saturated carbocycles. The van der Waals surface area contributed by atoms with E-state index in [2.05, 4.69) is 5.32 Å². The zero-order valence-corrected chi connectivity index (χ0v) is 15.5. The Morgan fingerprint density at radius 3 is 2.74 bits per heavy atom. The number of nitrogens with one attached hydrogen (secondary N) is 1. The molecule has 4 rings (SSSR count). The highest BCUT2D eigenvalue weighted by Crippen LogP contribution is 2.33. The minimum atomic E-state index is -0.0644. The average molecular weight is 370 g/mol. The molecule has 0 radical (unpaired) electrons. The molecule has 1 aliphatic heterocycles. The van der Waals surface area contributed by atoms with Crippen LogP contribution in [0.4, 0.5) is 4.79 Å². The van der Waals surface area contributed by atoms with Gasteiger partial charge in [-0.3, -0.25) is 0 Å². The van der Waals surface area contributed by atoms with Crippen molar-refractivity contribution in [2.75, 3.05) is 13.2 Å². The molecule has 0 atom stereocenters. The van der Waals surface area contributed by atoms with Gasteiger partial charge in [-0.25, -0.2) is 4.79 Å². The van der Waals surface area contributed by atoms with Crippen molar-refractivity contribution in [2.24, 2.45) is 0 Å². The van der Waals surface area contributed by atoms with Gasteiger partial charge in [-0.05, 0) is 31.0 Å². The summed E-state index contributed by atoms with van der Waals surface area (Å²) in [6.07, 6.45) is 6.95. The van der Waals surface area contributed by atoms with Crippen molar-refractivity contribution in [3.8, 4) is 11.5 Å². The number of carbonyl (C=O) groups excluding carboxylic acids is 1. The molecular formula is C21H26N2O4. The lowest BCUT2D eigenvalue weighted by molar-refractivity contribution is 0.164. The standard InChI is InChI=1S/C21H26N2O4/c24-21(23(17-7-1-2-8-17)15-18-9-4-11-25-18)22-14-16-6-3-10-19-20(16)27-13-5-12-26-19/h3-4,6,9-11,17H,1-2,5,7-8,12-15H2,(H,22,24). The minimum absolute atomic E-state index is 0.0644. The van der Waals surface area contributed by atoms with Crippen molar-refractivity contribution in [2.45, 2.75) is 51.2 Å². The molecular weight excluding hydrogens is 344 g/mol. The molecule has 1 aromatic carbocycles. The second kappa shape index (κ2) is 8.37. The summed E-state index contributed by atoms with van der Waals surface area (Å²) in [7, 11) is 0. The van der Waals surface area contributed by atoms with Gasteiger partial charge < -0.3 is 24.1 Å². The first-order chi connectivity index (χ1) is 13.3. The number of ether oxygens (including phenoxy) is 2. The maximum absolute atomic E-state index is 13.0. The summed E-state index contributed by atoms with van der Waals surface area (Å²) in [6, 6.07) is 9.79. The Hall–Kier alpha value is -2.63. The highest BCUT2D eigenvalue weighted by atomic mass is 16.5. The van der Waals surface area contributed by atoms with Crippen LogP contribution < -0.4 is 14.8 Å². The monoisotopic (exact) mass is 370 g/mol. The fourth-order valence-electron chi connectivity index (χ4n) is 3.82. The summed E-state index contributed by atoms with van der Waals surface area (Å²) in [5, 5.41) is 3.07. The predicted octanol–water partition coefficient (Wildman–Crippen LogP) is 4.10. The molecule has 0 saturated heterocycles. The molecule has 2 aromatic rings. The van der Waals surface area contributed by atoms with E-state index in [1.54, 1.807) is 6.26 Å². The molecule has 2 aliphatic rings. The van der Waals surface area contributed by atoms with Crippen LogP contribution in [0.2, 0.25) is 0 Å². The molecule has 6 heteroatoms. The van der Waals surface area contributed by atoms with Gasteiger partial charge in [-0.2, -0.15) is 0 Å². The maximum Gasteiger partial charge on any atom is 0.318 e. The quantitative estimate of drug-likeness (QED) is 0.861. The molecule has 0 bridgehead atoms. The molecule has 1 fully saturated rings. The lowest BCUT2D eigenvalue weighted by atomic mass is 10.2. The lowest BCUT2D eigenvalue weighted by Gasteiger charge is -2.28. The van der Waals surface area contributed by atoms with Gasteiger partial charge in [0.15, 0.2) is 11.5 Å². The van der Waals surface area contributed by atoms with E-state index in [1.165, 1.54) is 12.8 Å². The van der Waals surface area contributed by atoms with Crippen molar-refractivity contribution in [3.05, 3.63) is 47.9 Å². The smallest absolute Gasteiger partial charge is 0.318 e. The van der Waals surface area contributed by atoms with Crippen LogP contribution in [0.15, 0.2) is 41.0 Å². The highest BCUT2D eigenvalue weighted by Gasteiger charge is 2.27. The molecule has 27 heavy (non-hydrogen) atoms. The fourth-order valence-corrected chi connectivity index (χ4v) is 3.82. The molecule has 2 heterocycles. The van der Waals surface area contributed by atoms with E-state index in [0.29, 0.717) is 26.3 Å². The third-order valence-corrected chi connectivity index (χ3v) is 5.22. The number of rotatable bonds is 5. The van der Waals surface area contributed by atoms with Gasteiger partial charge in [-0.15, -0.1) is 0 Å². The largest absolute Gasteiger partial charge is 0.490 e. The van der Waals surface area contributed by atoms with Crippen molar-refractivity contribution in [1.82, 2.24) is 10.2 Å². The number of nitrogens with zero attached hydrogens (tertiary/aromatic N) is 1. The van der Waals surface area contributed by atoms with Gasteiger partial charge >= 0.3 is 6.03 Å². The van der Waals surface area contributed by atoms with Crippen molar-refractivity contribution in [1.29, 1.82) is 0 Å². The van der Waals surface area contributed by atoms with Crippen molar-refractivity contribution >= 4 is 6.03 Å². The topological polar surface area (TPSA) is 63.9 Å². The normalized spacial score (nSPS) is 16.7. The Kier molecular flexibility index (Phi) is 5.51. The van der Waals surface area contributed by atoms with Crippen LogP contribution in [0.25, 0.3) is 0 Å². The number of amides is 2. The molecule has 1 aromatic heterocycles. The summed E-state index contributed by atoms with van der Waals surface area (Å²) < 4.78 is 17.1. The number of hydrogen-bond acceptors (Lipinski definition) is 4.